The second-order valence-corrected chi connectivity index (χ2v) is 9.18. The Balaban J connectivity index is 1.61. The molecule has 0 spiro atoms. The Bertz CT molecular complexity index is 944. The third-order valence-corrected chi connectivity index (χ3v) is 6.46. The van der Waals surface area contributed by atoms with Gasteiger partial charge in [-0.1, -0.05) is 11.6 Å². The number of carbonyl (C=O) groups excluding carboxylic acids is 2. The fraction of sp³-hybridized carbons (Fsp3) is 0.250. The van der Waals surface area contributed by atoms with Crippen LogP contribution in [0.3, 0.4) is 0 Å². The molecule has 0 amide bonds. The summed E-state index contributed by atoms with van der Waals surface area (Å²) in [6.07, 6.45) is 4.77. The quantitative estimate of drug-likeness (QED) is 0.430. The van der Waals surface area contributed by atoms with Crippen LogP contribution in [-0.2, 0) is 0 Å². The SMILES string of the molecule is Cc1sc(Cl)cc1C(=O)CCCC(=O)c1cc(-c2ccncc2)sc1C. The predicted octanol–water partition coefficient (Wildman–Crippen LogP) is 6.38. The fourth-order valence-corrected chi connectivity index (χ4v) is 5.07. The zero-order valence-corrected chi connectivity index (χ0v) is 16.9. The molecule has 3 aromatic rings. The number of ketones is 2. The van der Waals surface area contributed by atoms with Crippen LogP contribution >= 0.6 is 34.3 Å². The molecular formula is C20H18ClNO2S2. The predicted molar refractivity (Wildman–Crippen MR) is 109 cm³/mol. The molecule has 0 aliphatic carbocycles. The van der Waals surface area contributed by atoms with E-state index in [1.165, 1.54) is 11.3 Å². The first kappa shape index (κ1) is 19.0. The number of aryl methyl sites for hydroxylation is 2. The molecule has 0 unspecified atom stereocenters. The molecule has 0 aliphatic heterocycles. The van der Waals surface area contributed by atoms with Crippen LogP contribution in [0.4, 0.5) is 0 Å². The van der Waals surface area contributed by atoms with Crippen LogP contribution in [0.5, 0.6) is 0 Å². The van der Waals surface area contributed by atoms with Crippen LogP contribution in [0.2, 0.25) is 4.34 Å². The molecule has 0 aromatic carbocycles. The number of hydrogen-bond donors (Lipinski definition) is 0. The maximum Gasteiger partial charge on any atom is 0.164 e. The summed E-state index contributed by atoms with van der Waals surface area (Å²) >= 11 is 8.97. The second kappa shape index (κ2) is 8.25. The van der Waals surface area contributed by atoms with Gasteiger partial charge in [-0.2, -0.15) is 0 Å². The van der Waals surface area contributed by atoms with Gasteiger partial charge in [0.2, 0.25) is 0 Å². The number of pyridine rings is 1. The van der Waals surface area contributed by atoms with Crippen LogP contribution in [0.15, 0.2) is 36.7 Å². The Hall–Kier alpha value is -1.82. The Morgan fingerprint density at radius 2 is 1.54 bits per heavy atom. The summed E-state index contributed by atoms with van der Waals surface area (Å²) < 4.78 is 0.625. The molecule has 3 aromatic heterocycles. The van der Waals surface area contributed by atoms with E-state index in [0.29, 0.717) is 29.2 Å². The van der Waals surface area contributed by atoms with Gasteiger partial charge in [0.05, 0.1) is 4.34 Å². The number of Topliss-reactive ketones (excluding diaryl/α,β-unsaturated/α-hetero) is 2. The van der Waals surface area contributed by atoms with Crippen LogP contribution in [-0.4, -0.2) is 16.6 Å². The molecular weight excluding hydrogens is 386 g/mol. The first-order chi connectivity index (χ1) is 12.5. The summed E-state index contributed by atoms with van der Waals surface area (Å²) in [5.41, 5.74) is 2.50. The molecule has 6 heteroatoms. The van der Waals surface area contributed by atoms with E-state index in [4.69, 9.17) is 11.6 Å². The highest BCUT2D eigenvalue weighted by molar-refractivity contribution is 7.16. The highest BCUT2D eigenvalue weighted by Crippen LogP contribution is 2.32. The van der Waals surface area contributed by atoms with Crippen LogP contribution < -0.4 is 0 Å². The summed E-state index contributed by atoms with van der Waals surface area (Å²) in [6.45, 7) is 3.86. The van der Waals surface area contributed by atoms with E-state index in [9.17, 15) is 9.59 Å². The van der Waals surface area contributed by atoms with E-state index in [0.717, 1.165) is 25.8 Å². The van der Waals surface area contributed by atoms with Crippen molar-refractivity contribution >= 4 is 45.8 Å². The van der Waals surface area contributed by atoms with Crippen molar-refractivity contribution in [2.75, 3.05) is 0 Å². The molecule has 26 heavy (non-hydrogen) atoms. The lowest BCUT2D eigenvalue weighted by molar-refractivity contribution is 0.0957. The van der Waals surface area contributed by atoms with Crippen molar-refractivity contribution in [1.29, 1.82) is 0 Å². The zero-order chi connectivity index (χ0) is 18.7. The Morgan fingerprint density at radius 1 is 0.962 bits per heavy atom. The van der Waals surface area contributed by atoms with Crippen LogP contribution in [0, 0.1) is 13.8 Å². The topological polar surface area (TPSA) is 47.0 Å². The van der Waals surface area contributed by atoms with Gasteiger partial charge < -0.3 is 0 Å². The third kappa shape index (κ3) is 4.29. The monoisotopic (exact) mass is 403 g/mol. The number of aromatic nitrogens is 1. The van der Waals surface area contributed by atoms with E-state index in [-0.39, 0.29) is 11.6 Å². The molecule has 0 bridgehead atoms. The Kier molecular flexibility index (Phi) is 6.01. The minimum atomic E-state index is 0.0537. The Morgan fingerprint density at radius 3 is 2.12 bits per heavy atom. The van der Waals surface area contributed by atoms with E-state index in [1.54, 1.807) is 29.8 Å². The zero-order valence-electron chi connectivity index (χ0n) is 14.5. The van der Waals surface area contributed by atoms with Gasteiger partial charge in [-0.3, -0.25) is 14.6 Å². The lowest BCUT2D eigenvalue weighted by atomic mass is 10.0. The largest absolute Gasteiger partial charge is 0.294 e. The first-order valence-corrected chi connectivity index (χ1v) is 10.3. The van der Waals surface area contributed by atoms with Crippen molar-refractivity contribution in [2.24, 2.45) is 0 Å². The molecule has 134 valence electrons. The fourth-order valence-electron chi connectivity index (χ4n) is 2.82. The maximum atomic E-state index is 12.6. The van der Waals surface area contributed by atoms with E-state index >= 15 is 0 Å². The molecule has 3 rings (SSSR count). The Labute approximate surface area is 165 Å². The van der Waals surface area contributed by atoms with Crippen molar-refractivity contribution in [2.45, 2.75) is 33.1 Å². The molecule has 0 saturated carbocycles. The molecule has 0 saturated heterocycles. The lowest BCUT2D eigenvalue weighted by Crippen LogP contribution is -2.03. The van der Waals surface area contributed by atoms with Crippen molar-refractivity contribution in [3.05, 3.63) is 61.9 Å². The van der Waals surface area contributed by atoms with Crippen LogP contribution in [0.25, 0.3) is 10.4 Å². The van der Waals surface area contributed by atoms with Gasteiger partial charge in [0.1, 0.15) is 0 Å². The lowest BCUT2D eigenvalue weighted by Gasteiger charge is -2.01. The van der Waals surface area contributed by atoms with Gasteiger partial charge in [-0.05, 0) is 50.1 Å². The molecule has 3 heterocycles. The van der Waals surface area contributed by atoms with E-state index in [1.807, 2.05) is 32.0 Å². The number of rotatable bonds is 7. The highest BCUT2D eigenvalue weighted by atomic mass is 35.5. The van der Waals surface area contributed by atoms with E-state index < -0.39 is 0 Å². The molecule has 0 radical (unpaired) electrons. The van der Waals surface area contributed by atoms with Gasteiger partial charge in [-0.25, -0.2) is 0 Å². The van der Waals surface area contributed by atoms with Gasteiger partial charge in [0.15, 0.2) is 11.6 Å². The van der Waals surface area contributed by atoms with Crippen LogP contribution in [0.1, 0.15) is 49.7 Å². The number of halogens is 1. The maximum absolute atomic E-state index is 12.6. The minimum absolute atomic E-state index is 0.0537. The summed E-state index contributed by atoms with van der Waals surface area (Å²) in [7, 11) is 0. The molecule has 3 nitrogen and oxygen atoms in total. The minimum Gasteiger partial charge on any atom is -0.294 e. The van der Waals surface area contributed by atoms with Crippen molar-refractivity contribution < 1.29 is 9.59 Å². The number of thiophene rings is 2. The van der Waals surface area contributed by atoms with Crippen molar-refractivity contribution in [3.63, 3.8) is 0 Å². The molecule has 0 atom stereocenters. The summed E-state index contributed by atoms with van der Waals surface area (Å²) in [6, 6.07) is 7.54. The molecule has 0 fully saturated rings. The van der Waals surface area contributed by atoms with Crippen molar-refractivity contribution in [1.82, 2.24) is 4.98 Å². The summed E-state index contributed by atoms with van der Waals surface area (Å²) in [4.78, 5) is 31.9. The number of carbonyl (C=O) groups is 2. The normalized spacial score (nSPS) is 10.9. The molecule has 0 aliphatic rings. The summed E-state index contributed by atoms with van der Waals surface area (Å²) in [5.74, 6) is 0.143. The second-order valence-electron chi connectivity index (χ2n) is 6.04. The smallest absolute Gasteiger partial charge is 0.164 e. The van der Waals surface area contributed by atoms with Crippen molar-refractivity contribution in [3.8, 4) is 10.4 Å². The van der Waals surface area contributed by atoms with Gasteiger partial charge >= 0.3 is 0 Å². The standard InChI is InChI=1S/C20H18ClNO2S2/c1-12-15(10-19(25-12)14-6-8-22-9-7-14)17(23)4-3-5-18(24)16-11-20(21)26-13(16)2/h6-11H,3-5H2,1-2H3. The average molecular weight is 404 g/mol. The van der Waals surface area contributed by atoms with E-state index in [2.05, 4.69) is 4.98 Å². The molecule has 0 N–H and O–H groups in total. The first-order valence-electron chi connectivity index (χ1n) is 8.29. The van der Waals surface area contributed by atoms with Gasteiger partial charge in [-0.15, -0.1) is 22.7 Å². The summed E-state index contributed by atoms with van der Waals surface area (Å²) in [5, 5.41) is 0. The van der Waals surface area contributed by atoms with Gasteiger partial charge in [0.25, 0.3) is 0 Å². The highest BCUT2D eigenvalue weighted by Gasteiger charge is 2.16. The number of nitrogens with zero attached hydrogens (tertiary/aromatic N) is 1. The average Bonchev–Trinajstić information content (AvgIpc) is 3.17. The number of hydrogen-bond acceptors (Lipinski definition) is 5. The third-order valence-electron chi connectivity index (χ3n) is 4.18. The van der Waals surface area contributed by atoms with Gasteiger partial charge in [0, 0.05) is 51.0 Å².